The molecular formula is C11H15N5. The average Bonchev–Trinajstić information content (AvgIpc) is 2.73. The normalized spacial score (nSPS) is 12.6. The lowest BCUT2D eigenvalue weighted by Gasteiger charge is -2.12. The Morgan fingerprint density at radius 3 is 3.00 bits per heavy atom. The molecule has 16 heavy (non-hydrogen) atoms. The minimum Gasteiger partial charge on any atom is -0.303 e. The van der Waals surface area contributed by atoms with Gasteiger partial charge in [0.1, 0.15) is 12.2 Å². The largest absolute Gasteiger partial charge is 0.303 e. The van der Waals surface area contributed by atoms with Crippen LogP contribution in [-0.2, 0) is 13.6 Å². The van der Waals surface area contributed by atoms with Crippen LogP contribution in [0.1, 0.15) is 24.4 Å². The van der Waals surface area contributed by atoms with Gasteiger partial charge in [-0.2, -0.15) is 5.10 Å². The lowest BCUT2D eigenvalue weighted by molar-refractivity contribution is 0.539. The van der Waals surface area contributed by atoms with Gasteiger partial charge in [0.2, 0.25) is 0 Å². The van der Waals surface area contributed by atoms with Crippen LogP contribution in [0.2, 0.25) is 0 Å². The molecule has 0 spiro atoms. The number of aromatic nitrogens is 4. The number of nitrogens with zero attached hydrogens (tertiary/aromatic N) is 4. The van der Waals surface area contributed by atoms with Crippen molar-refractivity contribution in [2.24, 2.45) is 7.05 Å². The van der Waals surface area contributed by atoms with Crippen LogP contribution in [0.5, 0.6) is 0 Å². The number of hydrogen-bond acceptors (Lipinski definition) is 4. The molecule has 5 nitrogen and oxygen atoms in total. The third kappa shape index (κ3) is 2.43. The third-order valence-corrected chi connectivity index (χ3v) is 2.56. The molecule has 0 fully saturated rings. The summed E-state index contributed by atoms with van der Waals surface area (Å²) in [6.07, 6.45) is 5.21. The van der Waals surface area contributed by atoms with Crippen LogP contribution in [0.15, 0.2) is 30.9 Å². The van der Waals surface area contributed by atoms with Crippen LogP contribution in [0.25, 0.3) is 0 Å². The standard InChI is InChI=1S/C11H15N5/c1-9(10-4-3-5-12-6-10)13-7-11-14-8-15-16(11)2/h3-6,8-9,13H,7H2,1-2H3/t9-/m0/s1. The third-order valence-electron chi connectivity index (χ3n) is 2.56. The molecule has 1 N–H and O–H groups in total. The Morgan fingerprint density at radius 2 is 2.38 bits per heavy atom. The predicted octanol–water partition coefficient (Wildman–Crippen LogP) is 1.06. The summed E-state index contributed by atoms with van der Waals surface area (Å²) in [6, 6.07) is 4.25. The summed E-state index contributed by atoms with van der Waals surface area (Å²) in [5.41, 5.74) is 1.17. The summed E-state index contributed by atoms with van der Waals surface area (Å²) in [6.45, 7) is 2.81. The van der Waals surface area contributed by atoms with Crippen LogP contribution in [0.3, 0.4) is 0 Å². The maximum Gasteiger partial charge on any atom is 0.140 e. The van der Waals surface area contributed by atoms with E-state index >= 15 is 0 Å². The van der Waals surface area contributed by atoms with Crippen molar-refractivity contribution in [3.63, 3.8) is 0 Å². The Hall–Kier alpha value is -1.75. The highest BCUT2D eigenvalue weighted by atomic mass is 15.3. The van der Waals surface area contributed by atoms with Crippen LogP contribution >= 0.6 is 0 Å². The molecule has 1 atom stereocenters. The van der Waals surface area contributed by atoms with E-state index in [1.807, 2.05) is 19.3 Å². The lowest BCUT2D eigenvalue weighted by Crippen LogP contribution is -2.20. The van der Waals surface area contributed by atoms with Crippen molar-refractivity contribution in [1.29, 1.82) is 0 Å². The van der Waals surface area contributed by atoms with Crippen molar-refractivity contribution in [3.05, 3.63) is 42.2 Å². The van der Waals surface area contributed by atoms with Gasteiger partial charge in [0.15, 0.2) is 0 Å². The van der Waals surface area contributed by atoms with E-state index in [1.54, 1.807) is 17.2 Å². The molecule has 5 heteroatoms. The maximum atomic E-state index is 4.16. The molecule has 0 saturated heterocycles. The van der Waals surface area contributed by atoms with E-state index in [2.05, 4.69) is 33.4 Å². The molecule has 0 saturated carbocycles. The number of rotatable bonds is 4. The Balaban J connectivity index is 1.94. The second-order valence-corrected chi connectivity index (χ2v) is 3.69. The SMILES string of the molecule is C[C@H](NCc1ncnn1C)c1cccnc1. The molecule has 2 heterocycles. The van der Waals surface area contributed by atoms with E-state index in [4.69, 9.17) is 0 Å². The lowest BCUT2D eigenvalue weighted by atomic mass is 10.1. The van der Waals surface area contributed by atoms with E-state index < -0.39 is 0 Å². The summed E-state index contributed by atoms with van der Waals surface area (Å²) < 4.78 is 1.77. The summed E-state index contributed by atoms with van der Waals surface area (Å²) in [7, 11) is 1.89. The quantitative estimate of drug-likeness (QED) is 0.832. The number of pyridine rings is 1. The first-order valence-corrected chi connectivity index (χ1v) is 5.23. The average molecular weight is 217 g/mol. The molecule has 0 aromatic carbocycles. The van der Waals surface area contributed by atoms with Gasteiger partial charge in [-0.25, -0.2) is 4.98 Å². The molecule has 2 rings (SSSR count). The van der Waals surface area contributed by atoms with Gasteiger partial charge in [0, 0.05) is 25.5 Å². The van der Waals surface area contributed by atoms with E-state index in [9.17, 15) is 0 Å². The van der Waals surface area contributed by atoms with Crippen LogP contribution in [-0.4, -0.2) is 19.7 Å². The van der Waals surface area contributed by atoms with Crippen molar-refractivity contribution >= 4 is 0 Å². The van der Waals surface area contributed by atoms with Crippen molar-refractivity contribution in [1.82, 2.24) is 25.1 Å². The van der Waals surface area contributed by atoms with Crippen molar-refractivity contribution < 1.29 is 0 Å². The molecular weight excluding hydrogens is 202 g/mol. The Bertz CT molecular complexity index is 437. The fourth-order valence-corrected chi connectivity index (χ4v) is 1.47. The molecule has 0 unspecified atom stereocenters. The van der Waals surface area contributed by atoms with Gasteiger partial charge in [-0.05, 0) is 18.6 Å². The molecule has 0 aliphatic rings. The highest BCUT2D eigenvalue weighted by Crippen LogP contribution is 2.10. The predicted molar refractivity (Wildman–Crippen MR) is 60.5 cm³/mol. The summed E-state index contributed by atoms with van der Waals surface area (Å²) in [4.78, 5) is 8.25. The summed E-state index contributed by atoms with van der Waals surface area (Å²) in [5.74, 6) is 0.927. The van der Waals surface area contributed by atoms with Gasteiger partial charge in [0.25, 0.3) is 0 Å². The highest BCUT2D eigenvalue weighted by Gasteiger charge is 2.06. The molecule has 2 aromatic rings. The van der Waals surface area contributed by atoms with E-state index in [0.717, 1.165) is 5.82 Å². The number of nitrogens with one attached hydrogen (secondary N) is 1. The molecule has 0 aliphatic carbocycles. The van der Waals surface area contributed by atoms with E-state index in [0.29, 0.717) is 6.54 Å². The minimum atomic E-state index is 0.255. The zero-order chi connectivity index (χ0) is 11.4. The smallest absolute Gasteiger partial charge is 0.140 e. The summed E-state index contributed by atoms with van der Waals surface area (Å²) >= 11 is 0. The van der Waals surface area contributed by atoms with Crippen molar-refractivity contribution in [2.45, 2.75) is 19.5 Å². The topological polar surface area (TPSA) is 55.6 Å². The molecule has 0 amide bonds. The molecule has 0 radical (unpaired) electrons. The van der Waals surface area contributed by atoms with Gasteiger partial charge in [-0.3, -0.25) is 9.67 Å². The summed E-state index contributed by atoms with van der Waals surface area (Å²) in [5, 5.41) is 7.40. The van der Waals surface area contributed by atoms with Crippen molar-refractivity contribution in [3.8, 4) is 0 Å². The van der Waals surface area contributed by atoms with E-state index in [-0.39, 0.29) is 6.04 Å². The van der Waals surface area contributed by atoms with E-state index in [1.165, 1.54) is 5.56 Å². The molecule has 0 aliphatic heterocycles. The first-order chi connectivity index (χ1) is 7.77. The minimum absolute atomic E-state index is 0.255. The van der Waals surface area contributed by atoms with Gasteiger partial charge in [-0.15, -0.1) is 0 Å². The number of aryl methyl sites for hydroxylation is 1. The molecule has 0 bridgehead atoms. The maximum absolute atomic E-state index is 4.16. The Kier molecular flexibility index (Phi) is 3.26. The zero-order valence-electron chi connectivity index (χ0n) is 9.46. The monoisotopic (exact) mass is 217 g/mol. The fraction of sp³-hybridized carbons (Fsp3) is 0.364. The Morgan fingerprint density at radius 1 is 1.50 bits per heavy atom. The Labute approximate surface area is 94.5 Å². The first kappa shape index (κ1) is 10.8. The molecule has 84 valence electrons. The van der Waals surface area contributed by atoms with Crippen molar-refractivity contribution in [2.75, 3.05) is 0 Å². The second kappa shape index (κ2) is 4.85. The van der Waals surface area contributed by atoms with Crippen LogP contribution < -0.4 is 5.32 Å². The van der Waals surface area contributed by atoms with Gasteiger partial charge in [-0.1, -0.05) is 6.07 Å². The second-order valence-electron chi connectivity index (χ2n) is 3.69. The highest BCUT2D eigenvalue weighted by molar-refractivity contribution is 5.12. The number of hydrogen-bond donors (Lipinski definition) is 1. The van der Waals surface area contributed by atoms with Gasteiger partial charge in [0.05, 0.1) is 6.54 Å². The first-order valence-electron chi connectivity index (χ1n) is 5.23. The fourth-order valence-electron chi connectivity index (χ4n) is 1.47. The van der Waals surface area contributed by atoms with Gasteiger partial charge >= 0.3 is 0 Å². The zero-order valence-corrected chi connectivity index (χ0v) is 9.46. The van der Waals surface area contributed by atoms with Crippen LogP contribution in [0.4, 0.5) is 0 Å². The van der Waals surface area contributed by atoms with Gasteiger partial charge < -0.3 is 5.32 Å². The van der Waals surface area contributed by atoms with Crippen LogP contribution in [0, 0.1) is 0 Å². The molecule has 2 aromatic heterocycles.